The van der Waals surface area contributed by atoms with E-state index >= 15 is 0 Å². The van der Waals surface area contributed by atoms with Crippen molar-refractivity contribution in [1.29, 1.82) is 0 Å². The summed E-state index contributed by atoms with van der Waals surface area (Å²) in [5.41, 5.74) is 1.62. The van der Waals surface area contributed by atoms with Crippen molar-refractivity contribution in [3.05, 3.63) is 75.4 Å². The Morgan fingerprint density at radius 2 is 1.65 bits per heavy atom. The molecule has 4 aromatic rings. The fourth-order valence-corrected chi connectivity index (χ4v) is 7.15. The van der Waals surface area contributed by atoms with Gasteiger partial charge in [0.2, 0.25) is 0 Å². The zero-order chi connectivity index (χ0) is 27.7. The summed E-state index contributed by atoms with van der Waals surface area (Å²) in [6.45, 7) is 0.329. The van der Waals surface area contributed by atoms with Gasteiger partial charge in [-0.2, -0.15) is 13.2 Å². The number of halogens is 5. The van der Waals surface area contributed by atoms with Crippen LogP contribution in [-0.4, -0.2) is 20.7 Å². The number of aromatic nitrogens is 3. The summed E-state index contributed by atoms with van der Waals surface area (Å²) in [4.78, 5) is 8.68. The van der Waals surface area contributed by atoms with Crippen LogP contribution in [0.15, 0.2) is 47.2 Å². The van der Waals surface area contributed by atoms with Gasteiger partial charge in [0.15, 0.2) is 0 Å². The van der Waals surface area contributed by atoms with Crippen molar-refractivity contribution in [2.75, 3.05) is 0 Å². The molecule has 1 aromatic carbocycles. The number of hydrogen-bond acceptors (Lipinski definition) is 5. The van der Waals surface area contributed by atoms with Gasteiger partial charge < -0.3 is 9.26 Å². The molecule has 0 saturated heterocycles. The Morgan fingerprint density at radius 3 is 2.30 bits per heavy atom. The highest BCUT2D eigenvalue weighted by Gasteiger charge is 2.51. The zero-order valence-corrected chi connectivity index (χ0v) is 23.0. The van der Waals surface area contributed by atoms with Crippen LogP contribution in [0.1, 0.15) is 79.9 Å². The third-order valence-corrected chi connectivity index (χ3v) is 9.70. The van der Waals surface area contributed by atoms with Crippen LogP contribution in [0, 0.1) is 0 Å². The van der Waals surface area contributed by atoms with E-state index < -0.39 is 11.7 Å². The molecular formula is C30H26Cl2F3N3O2. The van der Waals surface area contributed by atoms with Gasteiger partial charge >= 0.3 is 6.18 Å². The van der Waals surface area contributed by atoms with Gasteiger partial charge in [-0.05, 0) is 63.5 Å². The van der Waals surface area contributed by atoms with E-state index in [1.165, 1.54) is 18.5 Å². The largest absolute Gasteiger partial charge is 0.418 e. The predicted molar refractivity (Wildman–Crippen MR) is 145 cm³/mol. The first-order valence-corrected chi connectivity index (χ1v) is 14.3. The second kappa shape index (κ2) is 9.43. The molecule has 4 aliphatic rings. The molecule has 4 saturated carbocycles. The number of benzene rings is 1. The quantitative estimate of drug-likeness (QED) is 0.225. The molecule has 0 N–H and O–H groups in total. The van der Waals surface area contributed by atoms with E-state index in [1.54, 1.807) is 12.1 Å². The summed E-state index contributed by atoms with van der Waals surface area (Å²) in [6.07, 6.45) is 5.59. The van der Waals surface area contributed by atoms with Gasteiger partial charge in [-0.3, -0.25) is 9.97 Å². The summed E-state index contributed by atoms with van der Waals surface area (Å²) in [5, 5.41) is 5.66. The lowest BCUT2D eigenvalue weighted by molar-refractivity contribution is -0.136. The van der Waals surface area contributed by atoms with E-state index in [2.05, 4.69) is 15.1 Å². The van der Waals surface area contributed by atoms with E-state index in [9.17, 15) is 13.2 Å². The molecule has 2 bridgehead atoms. The zero-order valence-electron chi connectivity index (χ0n) is 21.5. The lowest BCUT2D eigenvalue weighted by Crippen LogP contribution is -2.50. The SMILES string of the molecule is FC(F)(F)c1cccc2ccc(C34CCC(OCc5c(-c6c(Cl)cncc6Cl)noc5C5CC5)(CC3)CC4)nc12. The van der Waals surface area contributed by atoms with E-state index in [0.29, 0.717) is 39.2 Å². The van der Waals surface area contributed by atoms with Crippen LogP contribution in [0.4, 0.5) is 13.2 Å². The van der Waals surface area contributed by atoms with Gasteiger partial charge in [0, 0.05) is 45.9 Å². The number of alkyl halides is 3. The number of para-hydroxylation sites is 1. The molecule has 8 rings (SSSR count). The minimum atomic E-state index is -4.45. The molecule has 4 fully saturated rings. The summed E-state index contributed by atoms with van der Waals surface area (Å²) in [7, 11) is 0. The van der Waals surface area contributed by atoms with E-state index in [0.717, 1.165) is 74.5 Å². The molecule has 0 radical (unpaired) electrons. The number of ether oxygens (including phenoxy) is 1. The fraction of sp³-hybridized carbons (Fsp3) is 0.433. The van der Waals surface area contributed by atoms with Crippen molar-refractivity contribution in [1.82, 2.24) is 15.1 Å². The van der Waals surface area contributed by atoms with Crippen LogP contribution in [0.25, 0.3) is 22.2 Å². The van der Waals surface area contributed by atoms with Gasteiger partial charge in [0.25, 0.3) is 0 Å². The van der Waals surface area contributed by atoms with Gasteiger partial charge in [0.05, 0.1) is 33.3 Å². The standard InChI is InChI=1S/C30H26Cl2F3N3O2/c31-21-14-36-15-22(32)24(21)26-19(27(40-38-26)18-4-5-18)16-39-29-11-8-28(9-12-29,10-13-29)23-7-6-17-2-1-3-20(25(17)37-23)30(33,34)35/h1-3,6-7,14-15,18H,4-5,8-13,16H2. The molecule has 40 heavy (non-hydrogen) atoms. The summed E-state index contributed by atoms with van der Waals surface area (Å²) in [6, 6.07) is 7.91. The van der Waals surface area contributed by atoms with Gasteiger partial charge in [-0.15, -0.1) is 0 Å². The molecule has 3 aromatic heterocycles. The topological polar surface area (TPSA) is 61.0 Å². The highest BCUT2D eigenvalue weighted by atomic mass is 35.5. The molecule has 10 heteroatoms. The molecule has 4 aliphatic carbocycles. The highest BCUT2D eigenvalue weighted by molar-refractivity contribution is 6.38. The summed E-state index contributed by atoms with van der Waals surface area (Å²) >= 11 is 12.9. The van der Waals surface area contributed by atoms with Crippen LogP contribution >= 0.6 is 23.2 Å². The Bertz CT molecular complexity index is 1570. The predicted octanol–water partition coefficient (Wildman–Crippen LogP) is 9.05. The molecule has 0 amide bonds. The molecule has 0 unspecified atom stereocenters. The Morgan fingerprint density at radius 1 is 0.950 bits per heavy atom. The number of hydrogen-bond donors (Lipinski definition) is 0. The van der Waals surface area contributed by atoms with E-state index in [1.807, 2.05) is 6.07 Å². The maximum atomic E-state index is 13.7. The maximum Gasteiger partial charge on any atom is 0.418 e. The molecule has 0 spiro atoms. The smallest absolute Gasteiger partial charge is 0.370 e. The third-order valence-electron chi connectivity index (χ3n) is 9.13. The average molecular weight is 588 g/mol. The second-order valence-corrected chi connectivity index (χ2v) is 12.3. The van der Waals surface area contributed by atoms with Crippen molar-refractivity contribution in [2.45, 2.75) is 81.1 Å². The second-order valence-electron chi connectivity index (χ2n) is 11.4. The summed E-state index contributed by atoms with van der Waals surface area (Å²) in [5.74, 6) is 1.15. The molecule has 208 valence electrons. The maximum absolute atomic E-state index is 13.7. The van der Waals surface area contributed by atoms with Crippen LogP contribution in [0.5, 0.6) is 0 Å². The first-order chi connectivity index (χ1) is 19.2. The van der Waals surface area contributed by atoms with Gasteiger partial charge in [-0.1, -0.05) is 46.6 Å². The molecule has 0 aliphatic heterocycles. The Hall–Kier alpha value is -2.68. The molecule has 3 heterocycles. The van der Waals surface area contributed by atoms with E-state index in [-0.39, 0.29) is 16.5 Å². The first-order valence-electron chi connectivity index (χ1n) is 13.6. The van der Waals surface area contributed by atoms with Crippen LogP contribution in [0.3, 0.4) is 0 Å². The fourth-order valence-electron chi connectivity index (χ4n) is 6.61. The average Bonchev–Trinajstić information content (AvgIpc) is 3.71. The lowest BCUT2D eigenvalue weighted by Gasteiger charge is -2.53. The van der Waals surface area contributed by atoms with Crippen molar-refractivity contribution in [2.24, 2.45) is 0 Å². The Kier molecular flexibility index (Phi) is 6.18. The van der Waals surface area contributed by atoms with Crippen molar-refractivity contribution < 1.29 is 22.4 Å². The van der Waals surface area contributed by atoms with Crippen LogP contribution < -0.4 is 0 Å². The van der Waals surface area contributed by atoms with Gasteiger partial charge in [-0.25, -0.2) is 0 Å². The minimum absolute atomic E-state index is 0.0292. The number of pyridine rings is 2. The number of nitrogens with zero attached hydrogens (tertiary/aromatic N) is 3. The lowest BCUT2D eigenvalue weighted by atomic mass is 9.57. The molecule has 0 atom stereocenters. The molecule has 5 nitrogen and oxygen atoms in total. The minimum Gasteiger partial charge on any atom is -0.370 e. The van der Waals surface area contributed by atoms with Crippen LogP contribution in [0.2, 0.25) is 10.0 Å². The van der Waals surface area contributed by atoms with Crippen molar-refractivity contribution in [3.8, 4) is 11.3 Å². The number of fused-ring (bicyclic) bond motifs is 4. The summed E-state index contributed by atoms with van der Waals surface area (Å²) < 4.78 is 53.6. The third kappa shape index (κ3) is 4.39. The van der Waals surface area contributed by atoms with Crippen LogP contribution in [-0.2, 0) is 22.9 Å². The van der Waals surface area contributed by atoms with Crippen molar-refractivity contribution >= 4 is 34.1 Å². The highest BCUT2D eigenvalue weighted by Crippen LogP contribution is 2.56. The first kappa shape index (κ1) is 26.2. The Labute approximate surface area is 239 Å². The van der Waals surface area contributed by atoms with Gasteiger partial charge in [0.1, 0.15) is 11.5 Å². The number of rotatable bonds is 6. The molecular weight excluding hydrogens is 562 g/mol. The normalized spacial score (nSPS) is 24.6. The monoisotopic (exact) mass is 587 g/mol. The Balaban J connectivity index is 1.14. The van der Waals surface area contributed by atoms with E-state index in [4.69, 9.17) is 32.5 Å². The van der Waals surface area contributed by atoms with Crippen molar-refractivity contribution in [3.63, 3.8) is 0 Å².